The second kappa shape index (κ2) is 8.07. The summed E-state index contributed by atoms with van der Waals surface area (Å²) in [6, 6.07) is 8.94. The predicted octanol–water partition coefficient (Wildman–Crippen LogP) is 1.78. The van der Waals surface area contributed by atoms with E-state index in [-0.39, 0.29) is 34.5 Å². The summed E-state index contributed by atoms with van der Waals surface area (Å²) in [7, 11) is -0.961. The van der Waals surface area contributed by atoms with Gasteiger partial charge >= 0.3 is 0 Å². The number of nitrogens with one attached hydrogen (secondary N) is 2. The lowest BCUT2D eigenvalue weighted by Gasteiger charge is -2.12. The summed E-state index contributed by atoms with van der Waals surface area (Å²) in [5, 5.41) is 12.3. The first-order chi connectivity index (χ1) is 13.3. The zero-order valence-electron chi connectivity index (χ0n) is 15.6. The van der Waals surface area contributed by atoms with E-state index in [2.05, 4.69) is 10.0 Å². The fourth-order valence-corrected chi connectivity index (χ4v) is 4.13. The Hall–Kier alpha value is -2.78. The fourth-order valence-electron chi connectivity index (χ4n) is 2.63. The maximum absolute atomic E-state index is 12.6. The topological polar surface area (TPSA) is 114 Å². The summed E-state index contributed by atoms with van der Waals surface area (Å²) in [5.74, 6) is 0.0482. The standard InChI is InChI=1S/C19H22N2O6S/c1-26-16-8-4-13(10-18(16)28(24,25)21-14-5-6-14)19(23)20-11-12-3-7-15(22)17(9-12)27-2/h3-4,7-10,14,21-22H,5-6,11H2,1-2H3,(H,20,23). The molecule has 2 aromatic carbocycles. The number of methoxy groups -OCH3 is 2. The summed E-state index contributed by atoms with van der Waals surface area (Å²) in [6.45, 7) is 0.184. The lowest BCUT2D eigenvalue weighted by molar-refractivity contribution is 0.0950. The van der Waals surface area contributed by atoms with Gasteiger partial charge < -0.3 is 19.9 Å². The molecule has 8 nitrogen and oxygen atoms in total. The highest BCUT2D eigenvalue weighted by Gasteiger charge is 2.30. The maximum Gasteiger partial charge on any atom is 0.251 e. The lowest BCUT2D eigenvalue weighted by Crippen LogP contribution is -2.27. The van der Waals surface area contributed by atoms with Gasteiger partial charge in [-0.3, -0.25) is 4.79 Å². The maximum atomic E-state index is 12.6. The van der Waals surface area contributed by atoms with E-state index in [1.807, 2.05) is 0 Å². The van der Waals surface area contributed by atoms with E-state index in [0.29, 0.717) is 5.75 Å². The van der Waals surface area contributed by atoms with Crippen molar-refractivity contribution in [3.63, 3.8) is 0 Å². The number of phenols is 1. The molecule has 2 aromatic rings. The molecule has 1 amide bonds. The number of hydrogen-bond donors (Lipinski definition) is 3. The zero-order chi connectivity index (χ0) is 20.3. The van der Waals surface area contributed by atoms with Gasteiger partial charge in [-0.25, -0.2) is 13.1 Å². The van der Waals surface area contributed by atoms with Crippen LogP contribution >= 0.6 is 0 Å². The zero-order valence-corrected chi connectivity index (χ0v) is 16.4. The summed E-state index contributed by atoms with van der Waals surface area (Å²) in [5.41, 5.74) is 0.919. The number of aromatic hydroxyl groups is 1. The first-order valence-electron chi connectivity index (χ1n) is 8.68. The lowest BCUT2D eigenvalue weighted by atomic mass is 10.1. The predicted molar refractivity (Wildman–Crippen MR) is 102 cm³/mol. The van der Waals surface area contributed by atoms with E-state index in [1.165, 1.54) is 38.5 Å². The molecule has 150 valence electrons. The number of hydrogen-bond acceptors (Lipinski definition) is 6. The molecule has 3 rings (SSSR count). The number of phenolic OH excluding ortho intramolecular Hbond substituents is 1. The molecule has 0 aliphatic heterocycles. The summed E-state index contributed by atoms with van der Waals surface area (Å²) in [6.07, 6.45) is 1.61. The molecule has 0 unspecified atom stereocenters. The fraction of sp³-hybridized carbons (Fsp3) is 0.316. The number of sulfonamides is 1. The highest BCUT2D eigenvalue weighted by molar-refractivity contribution is 7.89. The molecule has 0 aromatic heterocycles. The van der Waals surface area contributed by atoms with Crippen molar-refractivity contribution >= 4 is 15.9 Å². The quantitative estimate of drug-likeness (QED) is 0.616. The van der Waals surface area contributed by atoms with Crippen LogP contribution in [0.2, 0.25) is 0 Å². The number of amides is 1. The largest absolute Gasteiger partial charge is 0.504 e. The first-order valence-corrected chi connectivity index (χ1v) is 10.2. The molecule has 0 atom stereocenters. The Bertz CT molecular complexity index is 986. The highest BCUT2D eigenvalue weighted by Crippen LogP contribution is 2.29. The summed E-state index contributed by atoms with van der Waals surface area (Å²) in [4.78, 5) is 12.4. The Morgan fingerprint density at radius 1 is 1.11 bits per heavy atom. The molecule has 1 saturated carbocycles. The van der Waals surface area contributed by atoms with Gasteiger partial charge in [0.15, 0.2) is 11.5 Å². The van der Waals surface area contributed by atoms with Gasteiger partial charge in [0.05, 0.1) is 14.2 Å². The van der Waals surface area contributed by atoms with Crippen LogP contribution in [0.5, 0.6) is 17.2 Å². The highest BCUT2D eigenvalue weighted by atomic mass is 32.2. The van der Waals surface area contributed by atoms with E-state index in [0.717, 1.165) is 18.4 Å². The van der Waals surface area contributed by atoms with Crippen molar-refractivity contribution in [2.24, 2.45) is 0 Å². The van der Waals surface area contributed by atoms with Gasteiger partial charge in [0.2, 0.25) is 10.0 Å². The van der Waals surface area contributed by atoms with Crippen LogP contribution in [0, 0.1) is 0 Å². The summed E-state index contributed by atoms with van der Waals surface area (Å²) < 4.78 is 37.9. The van der Waals surface area contributed by atoms with Gasteiger partial charge in [-0.1, -0.05) is 6.07 Å². The second-order valence-corrected chi connectivity index (χ2v) is 8.13. The van der Waals surface area contributed by atoms with Crippen molar-refractivity contribution in [1.82, 2.24) is 10.0 Å². The van der Waals surface area contributed by atoms with Crippen LogP contribution in [0.4, 0.5) is 0 Å². The first kappa shape index (κ1) is 20.0. The van der Waals surface area contributed by atoms with Crippen molar-refractivity contribution in [2.75, 3.05) is 14.2 Å². The third-order valence-electron chi connectivity index (χ3n) is 4.31. The van der Waals surface area contributed by atoms with Crippen LogP contribution in [0.15, 0.2) is 41.3 Å². The number of benzene rings is 2. The second-order valence-electron chi connectivity index (χ2n) is 6.45. The Labute approximate surface area is 163 Å². The van der Waals surface area contributed by atoms with Gasteiger partial charge in [-0.15, -0.1) is 0 Å². The van der Waals surface area contributed by atoms with Crippen molar-refractivity contribution in [1.29, 1.82) is 0 Å². The minimum atomic E-state index is -3.78. The SMILES string of the molecule is COc1cc(CNC(=O)c2ccc(OC)c(S(=O)(=O)NC3CC3)c2)ccc1O. The third-order valence-corrected chi connectivity index (χ3v) is 5.85. The van der Waals surface area contributed by atoms with E-state index < -0.39 is 15.9 Å². The van der Waals surface area contributed by atoms with Crippen molar-refractivity contribution in [3.05, 3.63) is 47.5 Å². The molecule has 0 spiro atoms. The number of carbonyl (C=O) groups is 1. The van der Waals surface area contributed by atoms with Crippen molar-refractivity contribution in [2.45, 2.75) is 30.3 Å². The van der Waals surface area contributed by atoms with Crippen LogP contribution in [-0.4, -0.2) is 39.7 Å². The minimum Gasteiger partial charge on any atom is -0.504 e. The average Bonchev–Trinajstić information content (AvgIpc) is 3.49. The van der Waals surface area contributed by atoms with Crippen molar-refractivity contribution in [3.8, 4) is 17.2 Å². The minimum absolute atomic E-state index is 0.00532. The molecule has 28 heavy (non-hydrogen) atoms. The third kappa shape index (κ3) is 4.55. The monoisotopic (exact) mass is 406 g/mol. The average molecular weight is 406 g/mol. The molecular formula is C19H22N2O6S. The molecule has 1 aliphatic carbocycles. The van der Waals surface area contributed by atoms with E-state index in [1.54, 1.807) is 12.1 Å². The molecule has 1 aliphatic rings. The van der Waals surface area contributed by atoms with Gasteiger partial charge in [0.1, 0.15) is 10.6 Å². The Balaban J connectivity index is 1.77. The molecule has 9 heteroatoms. The molecule has 0 heterocycles. The van der Waals surface area contributed by atoms with Crippen molar-refractivity contribution < 1.29 is 27.8 Å². The molecule has 0 bridgehead atoms. The molecular weight excluding hydrogens is 384 g/mol. The Morgan fingerprint density at radius 2 is 1.82 bits per heavy atom. The molecule has 3 N–H and O–H groups in total. The Morgan fingerprint density at radius 3 is 2.46 bits per heavy atom. The number of carbonyl (C=O) groups excluding carboxylic acids is 1. The smallest absolute Gasteiger partial charge is 0.251 e. The van der Waals surface area contributed by atoms with Crippen LogP contribution in [0.25, 0.3) is 0 Å². The number of rotatable bonds is 8. The molecule has 0 saturated heterocycles. The van der Waals surface area contributed by atoms with Gasteiger partial charge in [0.25, 0.3) is 5.91 Å². The van der Waals surface area contributed by atoms with Gasteiger partial charge in [-0.2, -0.15) is 0 Å². The van der Waals surface area contributed by atoms with E-state index in [4.69, 9.17) is 9.47 Å². The summed E-state index contributed by atoms with van der Waals surface area (Å²) >= 11 is 0. The van der Waals surface area contributed by atoms with Crippen LogP contribution in [0.3, 0.4) is 0 Å². The van der Waals surface area contributed by atoms with Gasteiger partial charge in [0, 0.05) is 18.2 Å². The molecule has 1 fully saturated rings. The Kier molecular flexibility index (Phi) is 5.76. The van der Waals surface area contributed by atoms with Crippen LogP contribution in [0.1, 0.15) is 28.8 Å². The van der Waals surface area contributed by atoms with Gasteiger partial charge in [-0.05, 0) is 48.7 Å². The number of ether oxygens (including phenoxy) is 2. The van der Waals surface area contributed by atoms with Crippen LogP contribution in [-0.2, 0) is 16.6 Å². The van der Waals surface area contributed by atoms with E-state index >= 15 is 0 Å². The van der Waals surface area contributed by atoms with E-state index in [9.17, 15) is 18.3 Å². The van der Waals surface area contributed by atoms with Crippen LogP contribution < -0.4 is 19.5 Å². The normalized spacial score (nSPS) is 13.8. The molecule has 0 radical (unpaired) electrons.